The first-order valence-corrected chi connectivity index (χ1v) is 8.51. The van der Waals surface area contributed by atoms with Crippen molar-refractivity contribution in [3.05, 3.63) is 68.6 Å². The number of nitrogens with one attached hydrogen (secondary N) is 2. The van der Waals surface area contributed by atoms with Crippen molar-refractivity contribution in [2.24, 2.45) is 0 Å². The van der Waals surface area contributed by atoms with Crippen LogP contribution < -0.4 is 10.9 Å². The highest BCUT2D eigenvalue weighted by Gasteiger charge is 2.14. The molecule has 2 N–H and O–H groups in total. The third kappa shape index (κ3) is 5.54. The van der Waals surface area contributed by atoms with Gasteiger partial charge in [0.05, 0.1) is 0 Å². The van der Waals surface area contributed by atoms with Crippen LogP contribution in [-0.4, -0.2) is 23.5 Å². The molecule has 0 spiro atoms. The molecule has 0 bridgehead atoms. The number of carbonyl (C=O) groups is 2. The minimum atomic E-state index is -0.520. The van der Waals surface area contributed by atoms with Crippen molar-refractivity contribution in [3.63, 3.8) is 0 Å². The maximum atomic E-state index is 11.9. The number of amides is 1. The zero-order valence-corrected chi connectivity index (χ0v) is 15.3. The second-order valence-electron chi connectivity index (χ2n) is 6.09. The molecule has 0 saturated heterocycles. The average Bonchev–Trinajstić information content (AvgIpc) is 2.65. The Labute approximate surface area is 157 Å². The van der Waals surface area contributed by atoms with E-state index < -0.39 is 11.5 Å². The molecule has 1 aromatic heterocycles. The van der Waals surface area contributed by atoms with Gasteiger partial charge in [0.15, 0.2) is 6.61 Å². The Morgan fingerprint density at radius 3 is 2.59 bits per heavy atom. The summed E-state index contributed by atoms with van der Waals surface area (Å²) in [4.78, 5) is 38.0. The maximum Gasteiger partial charge on any atom is 0.306 e. The molecule has 27 heavy (non-hydrogen) atoms. The van der Waals surface area contributed by atoms with Crippen molar-refractivity contribution in [1.82, 2.24) is 10.3 Å². The summed E-state index contributed by atoms with van der Waals surface area (Å²) in [5.74, 6) is -0.899. The molecule has 0 radical (unpaired) electrons. The number of aromatic amines is 1. The van der Waals surface area contributed by atoms with Gasteiger partial charge in [-0.25, -0.2) is 0 Å². The van der Waals surface area contributed by atoms with Gasteiger partial charge in [-0.2, -0.15) is 5.26 Å². The molecule has 0 saturated carbocycles. The van der Waals surface area contributed by atoms with Crippen LogP contribution in [0.1, 0.15) is 34.4 Å². The van der Waals surface area contributed by atoms with Gasteiger partial charge in [0.25, 0.3) is 11.5 Å². The molecule has 7 nitrogen and oxygen atoms in total. The van der Waals surface area contributed by atoms with Gasteiger partial charge < -0.3 is 15.0 Å². The largest absolute Gasteiger partial charge is 0.456 e. The van der Waals surface area contributed by atoms with Crippen molar-refractivity contribution in [2.75, 3.05) is 6.61 Å². The Balaban J connectivity index is 1.82. The lowest BCUT2D eigenvalue weighted by molar-refractivity contribution is -0.148. The molecule has 1 amide bonds. The van der Waals surface area contributed by atoms with Gasteiger partial charge in [-0.3, -0.25) is 14.4 Å². The lowest BCUT2D eigenvalue weighted by atomic mass is 9.99. The van der Waals surface area contributed by atoms with Crippen molar-refractivity contribution >= 4 is 11.9 Å². The van der Waals surface area contributed by atoms with Crippen LogP contribution in [0.3, 0.4) is 0 Å². The Kier molecular flexibility index (Phi) is 6.89. The normalized spacial score (nSPS) is 10.1. The topological polar surface area (TPSA) is 112 Å². The van der Waals surface area contributed by atoms with Crippen LogP contribution in [0.5, 0.6) is 0 Å². The van der Waals surface area contributed by atoms with E-state index in [1.165, 1.54) is 0 Å². The fourth-order valence-corrected chi connectivity index (χ4v) is 2.71. The number of H-pyrrole nitrogens is 1. The Hall–Kier alpha value is -3.40. The number of nitrogens with zero attached hydrogens (tertiary/aromatic N) is 1. The predicted molar refractivity (Wildman–Crippen MR) is 98.8 cm³/mol. The standard InChI is InChI=1S/C20H21N3O4/c1-13-16(14(2)23-20(26)17(13)10-21)8-9-19(25)27-12-18(24)22-11-15-6-4-3-5-7-15/h3-7H,8-9,11-12H2,1-2H3,(H,22,24)(H,23,26). The van der Waals surface area contributed by atoms with Crippen molar-refractivity contribution in [1.29, 1.82) is 5.26 Å². The number of nitriles is 1. The molecule has 2 rings (SSSR count). The van der Waals surface area contributed by atoms with E-state index in [1.807, 2.05) is 36.4 Å². The summed E-state index contributed by atoms with van der Waals surface area (Å²) in [5, 5.41) is 11.7. The Morgan fingerprint density at radius 2 is 1.93 bits per heavy atom. The van der Waals surface area contributed by atoms with E-state index in [0.717, 1.165) is 11.1 Å². The van der Waals surface area contributed by atoms with Crippen LogP contribution in [0.15, 0.2) is 35.1 Å². The van der Waals surface area contributed by atoms with Crippen LogP contribution in [-0.2, 0) is 27.3 Å². The second-order valence-corrected chi connectivity index (χ2v) is 6.09. The van der Waals surface area contributed by atoms with E-state index in [2.05, 4.69) is 10.3 Å². The highest BCUT2D eigenvalue weighted by atomic mass is 16.5. The van der Waals surface area contributed by atoms with Crippen molar-refractivity contribution in [3.8, 4) is 6.07 Å². The minimum absolute atomic E-state index is 0.0456. The number of esters is 1. The van der Waals surface area contributed by atoms with Crippen LogP contribution >= 0.6 is 0 Å². The minimum Gasteiger partial charge on any atom is -0.456 e. The fourth-order valence-electron chi connectivity index (χ4n) is 2.71. The van der Waals surface area contributed by atoms with Gasteiger partial charge in [0.1, 0.15) is 11.6 Å². The molecule has 0 aliphatic heterocycles. The quantitative estimate of drug-likeness (QED) is 0.723. The Bertz CT molecular complexity index is 927. The summed E-state index contributed by atoms with van der Waals surface area (Å²) in [6, 6.07) is 11.3. The SMILES string of the molecule is Cc1[nH]c(=O)c(C#N)c(C)c1CCC(=O)OCC(=O)NCc1ccccc1. The number of hydrogen-bond donors (Lipinski definition) is 2. The lowest BCUT2D eigenvalue weighted by Gasteiger charge is -2.11. The zero-order chi connectivity index (χ0) is 19.8. The molecule has 1 heterocycles. The number of ether oxygens (including phenoxy) is 1. The summed E-state index contributed by atoms with van der Waals surface area (Å²) in [7, 11) is 0. The van der Waals surface area contributed by atoms with E-state index >= 15 is 0 Å². The first-order valence-electron chi connectivity index (χ1n) is 8.51. The summed E-state index contributed by atoms with van der Waals surface area (Å²) in [5.41, 5.74) is 2.47. The van der Waals surface area contributed by atoms with Crippen molar-refractivity contribution < 1.29 is 14.3 Å². The molecule has 140 valence electrons. The monoisotopic (exact) mass is 367 g/mol. The van der Waals surface area contributed by atoms with Gasteiger partial charge in [0, 0.05) is 18.7 Å². The van der Waals surface area contributed by atoms with Gasteiger partial charge in [-0.05, 0) is 37.0 Å². The number of pyridine rings is 1. The number of aryl methyl sites for hydroxylation is 1. The molecule has 0 aliphatic rings. The number of benzene rings is 1. The number of rotatable bonds is 7. The number of carbonyl (C=O) groups excluding carboxylic acids is 2. The van der Waals surface area contributed by atoms with E-state index in [0.29, 0.717) is 24.2 Å². The Morgan fingerprint density at radius 1 is 1.22 bits per heavy atom. The lowest BCUT2D eigenvalue weighted by Crippen LogP contribution is -2.28. The van der Waals surface area contributed by atoms with Crippen LogP contribution in [0.2, 0.25) is 0 Å². The van der Waals surface area contributed by atoms with E-state index in [1.54, 1.807) is 13.8 Å². The molecule has 7 heteroatoms. The maximum absolute atomic E-state index is 11.9. The highest BCUT2D eigenvalue weighted by molar-refractivity contribution is 5.80. The molecular weight excluding hydrogens is 346 g/mol. The third-order valence-corrected chi connectivity index (χ3v) is 4.20. The summed E-state index contributed by atoms with van der Waals surface area (Å²) >= 11 is 0. The van der Waals surface area contributed by atoms with Gasteiger partial charge in [-0.15, -0.1) is 0 Å². The number of hydrogen-bond acceptors (Lipinski definition) is 5. The van der Waals surface area contributed by atoms with Crippen LogP contribution in [0.4, 0.5) is 0 Å². The van der Waals surface area contributed by atoms with Gasteiger partial charge in [-0.1, -0.05) is 30.3 Å². The van der Waals surface area contributed by atoms with E-state index in [9.17, 15) is 14.4 Å². The molecule has 0 aliphatic carbocycles. The average molecular weight is 367 g/mol. The van der Waals surface area contributed by atoms with E-state index in [4.69, 9.17) is 10.00 Å². The van der Waals surface area contributed by atoms with E-state index in [-0.39, 0.29) is 24.5 Å². The third-order valence-electron chi connectivity index (χ3n) is 4.20. The van der Waals surface area contributed by atoms with Gasteiger partial charge >= 0.3 is 5.97 Å². The molecular formula is C20H21N3O4. The van der Waals surface area contributed by atoms with Crippen LogP contribution in [0, 0.1) is 25.2 Å². The summed E-state index contributed by atoms with van der Waals surface area (Å²) in [6.07, 6.45) is 0.359. The second kappa shape index (κ2) is 9.34. The van der Waals surface area contributed by atoms with Gasteiger partial charge in [0.2, 0.25) is 0 Å². The summed E-state index contributed by atoms with van der Waals surface area (Å²) < 4.78 is 4.99. The fraction of sp³-hybridized carbons (Fsp3) is 0.300. The summed E-state index contributed by atoms with van der Waals surface area (Å²) in [6.45, 7) is 3.41. The molecule has 0 fully saturated rings. The molecule has 1 aromatic carbocycles. The predicted octanol–water partition coefficient (Wildman–Crippen LogP) is 1.66. The van der Waals surface area contributed by atoms with Crippen molar-refractivity contribution in [2.45, 2.75) is 33.2 Å². The smallest absolute Gasteiger partial charge is 0.306 e. The molecule has 0 atom stereocenters. The zero-order valence-electron chi connectivity index (χ0n) is 15.3. The van der Waals surface area contributed by atoms with Crippen LogP contribution in [0.25, 0.3) is 0 Å². The highest BCUT2D eigenvalue weighted by Crippen LogP contribution is 2.15. The number of aromatic nitrogens is 1. The first-order chi connectivity index (χ1) is 12.9. The molecule has 0 unspecified atom stereocenters. The molecule has 2 aromatic rings. The first kappa shape index (κ1) is 19.9.